The predicted molar refractivity (Wildman–Crippen MR) is 75.8 cm³/mol. The molecule has 1 atom stereocenters. The minimum absolute atomic E-state index is 0.420. The van der Waals surface area contributed by atoms with Crippen molar-refractivity contribution in [1.29, 1.82) is 0 Å². The molecule has 1 unspecified atom stereocenters. The van der Waals surface area contributed by atoms with E-state index in [9.17, 15) is 5.11 Å². The molecule has 0 saturated heterocycles. The number of hydrogen-bond donors (Lipinski definition) is 1. The first-order chi connectivity index (χ1) is 8.60. The highest BCUT2D eigenvalue weighted by atomic mass is 16.5. The highest BCUT2D eigenvalue weighted by molar-refractivity contribution is 5.87. The molecule has 2 heteroatoms. The summed E-state index contributed by atoms with van der Waals surface area (Å²) in [7, 11) is 1.67. The van der Waals surface area contributed by atoms with E-state index in [0.29, 0.717) is 0 Å². The van der Waals surface area contributed by atoms with Gasteiger partial charge in [-0.25, -0.2) is 0 Å². The van der Waals surface area contributed by atoms with Crippen LogP contribution in [-0.2, 0) is 0 Å². The van der Waals surface area contributed by atoms with Crippen LogP contribution in [0.15, 0.2) is 42.5 Å². The molecule has 0 amide bonds. The van der Waals surface area contributed by atoms with Crippen LogP contribution < -0.4 is 4.74 Å². The summed E-state index contributed by atoms with van der Waals surface area (Å²) in [6.07, 6.45) is 1.43. The second-order valence-corrected chi connectivity index (χ2v) is 4.52. The zero-order valence-corrected chi connectivity index (χ0v) is 11.0. The van der Waals surface area contributed by atoms with Crippen molar-refractivity contribution in [2.24, 2.45) is 0 Å². The summed E-state index contributed by atoms with van der Waals surface area (Å²) >= 11 is 0. The summed E-state index contributed by atoms with van der Waals surface area (Å²) in [6.45, 7) is 3.77. The van der Waals surface area contributed by atoms with Crippen LogP contribution in [0.2, 0.25) is 0 Å². The first-order valence-electron chi connectivity index (χ1n) is 6.05. The van der Waals surface area contributed by atoms with Crippen molar-refractivity contribution in [2.75, 3.05) is 7.11 Å². The predicted octanol–water partition coefficient (Wildman–Crippen LogP) is 3.63. The third-order valence-electron chi connectivity index (χ3n) is 2.99. The van der Waals surface area contributed by atoms with Crippen molar-refractivity contribution in [3.8, 4) is 5.75 Å². The summed E-state index contributed by atoms with van der Waals surface area (Å²) in [4.78, 5) is 0. The van der Waals surface area contributed by atoms with Crippen LogP contribution in [-0.4, -0.2) is 18.3 Å². The number of aliphatic hydroxyl groups is 1. The monoisotopic (exact) mass is 242 g/mol. The van der Waals surface area contributed by atoms with Crippen LogP contribution in [0.5, 0.6) is 5.75 Å². The Hall–Kier alpha value is -1.80. The topological polar surface area (TPSA) is 29.5 Å². The van der Waals surface area contributed by atoms with E-state index in [1.165, 1.54) is 5.39 Å². The molecular weight excluding hydrogens is 224 g/mol. The summed E-state index contributed by atoms with van der Waals surface area (Å²) in [6, 6.07) is 12.3. The Morgan fingerprint density at radius 3 is 2.50 bits per heavy atom. The number of fused-ring (bicyclic) bond motifs is 1. The zero-order chi connectivity index (χ0) is 13.1. The van der Waals surface area contributed by atoms with Crippen LogP contribution in [0.4, 0.5) is 0 Å². The van der Waals surface area contributed by atoms with Crippen LogP contribution >= 0.6 is 0 Å². The van der Waals surface area contributed by atoms with E-state index in [1.807, 2.05) is 31.2 Å². The molecule has 0 aromatic heterocycles. The Bertz CT molecular complexity index is 583. The third-order valence-corrected chi connectivity index (χ3v) is 2.99. The van der Waals surface area contributed by atoms with Crippen molar-refractivity contribution >= 4 is 16.3 Å². The third kappa shape index (κ3) is 2.71. The van der Waals surface area contributed by atoms with Gasteiger partial charge in [-0.1, -0.05) is 24.3 Å². The van der Waals surface area contributed by atoms with Crippen LogP contribution in [0.25, 0.3) is 16.3 Å². The van der Waals surface area contributed by atoms with Crippen molar-refractivity contribution in [1.82, 2.24) is 0 Å². The molecule has 0 bridgehead atoms. The van der Waals surface area contributed by atoms with Gasteiger partial charge in [0.2, 0.25) is 0 Å². The highest BCUT2D eigenvalue weighted by Crippen LogP contribution is 2.24. The Morgan fingerprint density at radius 1 is 1.17 bits per heavy atom. The maximum absolute atomic E-state index is 9.37. The molecule has 0 heterocycles. The maximum atomic E-state index is 9.37. The van der Waals surface area contributed by atoms with E-state index in [0.717, 1.165) is 22.3 Å². The van der Waals surface area contributed by atoms with E-state index in [1.54, 1.807) is 14.0 Å². The van der Waals surface area contributed by atoms with Gasteiger partial charge in [-0.05, 0) is 54.0 Å². The lowest BCUT2D eigenvalue weighted by molar-refractivity contribution is 0.244. The lowest BCUT2D eigenvalue weighted by Crippen LogP contribution is -1.94. The second-order valence-electron chi connectivity index (χ2n) is 4.52. The van der Waals surface area contributed by atoms with Gasteiger partial charge in [0.05, 0.1) is 13.2 Å². The smallest absolute Gasteiger partial charge is 0.119 e. The molecule has 2 aromatic rings. The zero-order valence-electron chi connectivity index (χ0n) is 11.0. The SMILES string of the molecule is COc1ccc2cc(/C(C)=C/C(C)O)ccc2c1. The Morgan fingerprint density at radius 2 is 1.83 bits per heavy atom. The summed E-state index contributed by atoms with van der Waals surface area (Å²) < 4.78 is 5.21. The number of methoxy groups -OCH3 is 1. The molecule has 94 valence electrons. The van der Waals surface area contributed by atoms with E-state index in [-0.39, 0.29) is 0 Å². The number of benzene rings is 2. The lowest BCUT2D eigenvalue weighted by atomic mass is 10.0. The molecular formula is C16H18O2. The van der Waals surface area contributed by atoms with E-state index in [2.05, 4.69) is 18.2 Å². The van der Waals surface area contributed by atoms with Gasteiger partial charge in [0, 0.05) is 0 Å². The molecule has 2 rings (SSSR count). The first kappa shape index (κ1) is 12.7. The van der Waals surface area contributed by atoms with Crippen molar-refractivity contribution < 1.29 is 9.84 Å². The molecule has 1 N–H and O–H groups in total. The largest absolute Gasteiger partial charge is 0.497 e. The van der Waals surface area contributed by atoms with Gasteiger partial charge >= 0.3 is 0 Å². The van der Waals surface area contributed by atoms with Crippen LogP contribution in [0.3, 0.4) is 0 Å². The minimum atomic E-state index is -0.420. The fraction of sp³-hybridized carbons (Fsp3) is 0.250. The number of rotatable bonds is 3. The number of hydrogen-bond acceptors (Lipinski definition) is 2. The fourth-order valence-corrected chi connectivity index (χ4v) is 2.05. The van der Waals surface area contributed by atoms with Crippen LogP contribution in [0, 0.1) is 0 Å². The van der Waals surface area contributed by atoms with Gasteiger partial charge in [-0.2, -0.15) is 0 Å². The Labute approximate surface area is 108 Å². The van der Waals surface area contributed by atoms with Gasteiger partial charge in [0.1, 0.15) is 5.75 Å². The molecule has 18 heavy (non-hydrogen) atoms. The Balaban J connectivity index is 2.45. The van der Waals surface area contributed by atoms with Gasteiger partial charge in [0.25, 0.3) is 0 Å². The molecule has 0 spiro atoms. The molecule has 2 aromatic carbocycles. The molecule has 0 aliphatic heterocycles. The molecule has 0 aliphatic rings. The fourth-order valence-electron chi connectivity index (χ4n) is 2.05. The van der Waals surface area contributed by atoms with Gasteiger partial charge in [0.15, 0.2) is 0 Å². The van der Waals surface area contributed by atoms with Crippen molar-refractivity contribution in [2.45, 2.75) is 20.0 Å². The average molecular weight is 242 g/mol. The van der Waals surface area contributed by atoms with E-state index < -0.39 is 6.10 Å². The average Bonchev–Trinajstić information content (AvgIpc) is 2.36. The minimum Gasteiger partial charge on any atom is -0.497 e. The molecule has 0 aliphatic carbocycles. The summed E-state index contributed by atoms with van der Waals surface area (Å²) in [5, 5.41) is 11.7. The molecule has 0 fully saturated rings. The maximum Gasteiger partial charge on any atom is 0.119 e. The molecule has 0 saturated carbocycles. The lowest BCUT2D eigenvalue weighted by Gasteiger charge is -2.07. The normalized spacial score (nSPS) is 13.7. The number of ether oxygens (including phenoxy) is 1. The first-order valence-corrected chi connectivity index (χ1v) is 6.05. The van der Waals surface area contributed by atoms with E-state index in [4.69, 9.17) is 4.74 Å². The number of aliphatic hydroxyl groups excluding tert-OH is 1. The van der Waals surface area contributed by atoms with Crippen molar-refractivity contribution in [3.05, 3.63) is 48.0 Å². The van der Waals surface area contributed by atoms with Gasteiger partial charge in [-0.15, -0.1) is 0 Å². The van der Waals surface area contributed by atoms with Gasteiger partial charge in [-0.3, -0.25) is 0 Å². The summed E-state index contributed by atoms with van der Waals surface area (Å²) in [5.41, 5.74) is 2.22. The second kappa shape index (κ2) is 5.23. The van der Waals surface area contributed by atoms with E-state index >= 15 is 0 Å². The molecule has 2 nitrogen and oxygen atoms in total. The van der Waals surface area contributed by atoms with Crippen molar-refractivity contribution in [3.63, 3.8) is 0 Å². The Kier molecular flexibility index (Phi) is 3.68. The van der Waals surface area contributed by atoms with Crippen LogP contribution in [0.1, 0.15) is 19.4 Å². The standard InChI is InChI=1S/C16H18O2/c1-11(8-12(2)17)13-4-5-15-10-16(18-3)7-6-14(15)9-13/h4-10,12,17H,1-3H3/b11-8+. The molecule has 0 radical (unpaired) electrons. The summed E-state index contributed by atoms with van der Waals surface area (Å²) in [5.74, 6) is 0.867. The highest BCUT2D eigenvalue weighted by Gasteiger charge is 2.01. The quantitative estimate of drug-likeness (QED) is 0.890. The number of allylic oxidation sites excluding steroid dienone is 1. The van der Waals surface area contributed by atoms with Gasteiger partial charge < -0.3 is 9.84 Å².